The van der Waals surface area contributed by atoms with Gasteiger partial charge in [-0.25, -0.2) is 0 Å². The lowest BCUT2D eigenvalue weighted by Gasteiger charge is -2.16. The molecule has 0 aliphatic heterocycles. The maximum atomic E-state index is 11.8. The summed E-state index contributed by atoms with van der Waals surface area (Å²) in [4.78, 5) is 16.0. The summed E-state index contributed by atoms with van der Waals surface area (Å²) >= 11 is 0. The average Bonchev–Trinajstić information content (AvgIpc) is 2.79. The van der Waals surface area contributed by atoms with Gasteiger partial charge in [-0.15, -0.1) is 24.0 Å². The van der Waals surface area contributed by atoms with Crippen molar-refractivity contribution >= 4 is 35.8 Å². The van der Waals surface area contributed by atoms with Gasteiger partial charge in [-0.05, 0) is 41.8 Å². The van der Waals surface area contributed by atoms with Gasteiger partial charge in [-0.3, -0.25) is 9.79 Å². The third-order valence-corrected chi connectivity index (χ3v) is 4.53. The summed E-state index contributed by atoms with van der Waals surface area (Å²) in [5.74, 6) is 2.35. The Labute approximate surface area is 200 Å². The monoisotopic (exact) mass is 542 g/mol. The molecule has 0 saturated heterocycles. The van der Waals surface area contributed by atoms with Crippen molar-refractivity contribution in [3.8, 4) is 17.2 Å². The predicted molar refractivity (Wildman–Crippen MR) is 133 cm³/mol. The zero-order chi connectivity index (χ0) is 21.9. The molecule has 0 spiro atoms. The number of ether oxygens (including phenoxy) is 3. The molecule has 1 amide bonds. The summed E-state index contributed by atoms with van der Waals surface area (Å²) in [5, 5.41) is 9.19. The van der Waals surface area contributed by atoms with Gasteiger partial charge < -0.3 is 30.2 Å². The normalized spacial score (nSPS) is 10.5. The lowest BCUT2D eigenvalue weighted by molar-refractivity contribution is 0.0963. The second-order valence-electron chi connectivity index (χ2n) is 6.42. The quantitative estimate of drug-likeness (QED) is 0.257. The fourth-order valence-electron chi connectivity index (χ4n) is 2.98. The standard InChI is InChI=1S/C22H30N4O4.HI/c1-23-21(27)17-8-6-7-15(11-17)9-10-25-22(24-2)26-14-16-12-18(28-3)20(30-5)19(13-16)29-4;/h6-8,11-13H,9-10,14H2,1-5H3,(H,23,27)(H2,24,25,26);1H. The minimum atomic E-state index is -0.0902. The van der Waals surface area contributed by atoms with Gasteiger partial charge in [0.1, 0.15) is 0 Å². The van der Waals surface area contributed by atoms with Crippen LogP contribution >= 0.6 is 24.0 Å². The van der Waals surface area contributed by atoms with E-state index >= 15 is 0 Å². The minimum absolute atomic E-state index is 0. The highest BCUT2D eigenvalue weighted by Gasteiger charge is 2.13. The Kier molecular flexibility index (Phi) is 11.5. The van der Waals surface area contributed by atoms with E-state index in [1.165, 1.54) is 0 Å². The summed E-state index contributed by atoms with van der Waals surface area (Å²) < 4.78 is 16.1. The number of methoxy groups -OCH3 is 3. The number of rotatable bonds is 9. The van der Waals surface area contributed by atoms with Gasteiger partial charge in [0.25, 0.3) is 5.91 Å². The van der Waals surface area contributed by atoms with Crippen molar-refractivity contribution in [3.05, 3.63) is 53.1 Å². The summed E-state index contributed by atoms with van der Waals surface area (Å²) in [7, 11) is 8.10. The average molecular weight is 542 g/mol. The Hall–Kier alpha value is -2.69. The van der Waals surface area contributed by atoms with Gasteiger partial charge >= 0.3 is 0 Å². The van der Waals surface area contributed by atoms with Crippen LogP contribution in [-0.4, -0.2) is 53.8 Å². The largest absolute Gasteiger partial charge is 0.493 e. The Morgan fingerprint density at radius 1 is 0.968 bits per heavy atom. The molecule has 0 unspecified atom stereocenters. The van der Waals surface area contributed by atoms with Crippen molar-refractivity contribution in [1.29, 1.82) is 0 Å². The number of carbonyl (C=O) groups excluding carboxylic acids is 1. The molecule has 0 atom stereocenters. The molecule has 0 aromatic heterocycles. The molecule has 2 rings (SSSR count). The van der Waals surface area contributed by atoms with E-state index in [0.29, 0.717) is 41.9 Å². The first-order valence-electron chi connectivity index (χ1n) is 9.60. The molecule has 0 heterocycles. The van der Waals surface area contributed by atoms with Crippen molar-refractivity contribution in [2.45, 2.75) is 13.0 Å². The minimum Gasteiger partial charge on any atom is -0.493 e. The lowest BCUT2D eigenvalue weighted by atomic mass is 10.1. The number of amides is 1. The van der Waals surface area contributed by atoms with Gasteiger partial charge in [0.05, 0.1) is 21.3 Å². The number of hydrogen-bond acceptors (Lipinski definition) is 5. The lowest BCUT2D eigenvalue weighted by Crippen LogP contribution is -2.37. The number of carbonyl (C=O) groups is 1. The molecule has 0 aliphatic rings. The number of guanidine groups is 1. The fourth-order valence-corrected chi connectivity index (χ4v) is 2.98. The van der Waals surface area contributed by atoms with Crippen LogP contribution in [-0.2, 0) is 13.0 Å². The number of hydrogen-bond donors (Lipinski definition) is 3. The van der Waals surface area contributed by atoms with Crippen LogP contribution in [0.25, 0.3) is 0 Å². The molecular weight excluding hydrogens is 511 g/mol. The van der Waals surface area contributed by atoms with Crippen LogP contribution in [0.3, 0.4) is 0 Å². The predicted octanol–water partition coefficient (Wildman–Crippen LogP) is 2.60. The van der Waals surface area contributed by atoms with E-state index in [1.807, 2.05) is 30.3 Å². The van der Waals surface area contributed by atoms with Crippen molar-refractivity contribution in [1.82, 2.24) is 16.0 Å². The third kappa shape index (κ3) is 7.50. The summed E-state index contributed by atoms with van der Waals surface area (Å²) in [6.07, 6.45) is 0.760. The third-order valence-electron chi connectivity index (χ3n) is 4.53. The molecule has 2 aromatic carbocycles. The first-order chi connectivity index (χ1) is 14.6. The Bertz CT molecular complexity index is 865. The topological polar surface area (TPSA) is 93.2 Å². The highest BCUT2D eigenvalue weighted by molar-refractivity contribution is 14.0. The SMILES string of the molecule is CN=C(NCCc1cccc(C(=O)NC)c1)NCc1cc(OC)c(OC)c(OC)c1.I. The van der Waals surface area contributed by atoms with Crippen molar-refractivity contribution in [2.24, 2.45) is 4.99 Å². The number of aliphatic imine (C=N–C) groups is 1. The van der Waals surface area contributed by atoms with E-state index < -0.39 is 0 Å². The van der Waals surface area contributed by atoms with Gasteiger partial charge in [-0.1, -0.05) is 12.1 Å². The van der Waals surface area contributed by atoms with E-state index in [2.05, 4.69) is 20.9 Å². The molecule has 2 aromatic rings. The molecule has 0 radical (unpaired) electrons. The molecule has 31 heavy (non-hydrogen) atoms. The Morgan fingerprint density at radius 3 is 2.19 bits per heavy atom. The number of nitrogens with zero attached hydrogens (tertiary/aromatic N) is 1. The maximum absolute atomic E-state index is 11.8. The van der Waals surface area contributed by atoms with Crippen molar-refractivity contribution in [2.75, 3.05) is 42.0 Å². The van der Waals surface area contributed by atoms with Crippen LogP contribution in [0, 0.1) is 0 Å². The van der Waals surface area contributed by atoms with Crippen LogP contribution in [0.1, 0.15) is 21.5 Å². The molecule has 0 aliphatic carbocycles. The van der Waals surface area contributed by atoms with Crippen LogP contribution in [0.5, 0.6) is 17.2 Å². The second kappa shape index (κ2) is 13.6. The first-order valence-corrected chi connectivity index (χ1v) is 9.60. The molecule has 0 saturated carbocycles. The van der Waals surface area contributed by atoms with E-state index in [1.54, 1.807) is 41.5 Å². The summed E-state index contributed by atoms with van der Waals surface area (Å²) in [6, 6.07) is 11.4. The zero-order valence-corrected chi connectivity index (χ0v) is 20.9. The molecule has 170 valence electrons. The van der Waals surface area contributed by atoms with Gasteiger partial charge in [0.2, 0.25) is 5.75 Å². The molecule has 3 N–H and O–H groups in total. The highest BCUT2D eigenvalue weighted by Crippen LogP contribution is 2.38. The smallest absolute Gasteiger partial charge is 0.251 e. The van der Waals surface area contributed by atoms with Crippen LogP contribution in [0.15, 0.2) is 41.4 Å². The van der Waals surface area contributed by atoms with E-state index in [9.17, 15) is 4.79 Å². The zero-order valence-electron chi connectivity index (χ0n) is 18.6. The Morgan fingerprint density at radius 2 is 1.65 bits per heavy atom. The van der Waals surface area contributed by atoms with Crippen LogP contribution in [0.2, 0.25) is 0 Å². The van der Waals surface area contributed by atoms with Gasteiger partial charge in [-0.2, -0.15) is 0 Å². The Balaban J connectivity index is 0.00000480. The first kappa shape index (κ1) is 26.3. The number of benzene rings is 2. The van der Waals surface area contributed by atoms with Gasteiger partial charge in [0.15, 0.2) is 17.5 Å². The van der Waals surface area contributed by atoms with Gasteiger partial charge in [0, 0.05) is 32.7 Å². The molecule has 0 fully saturated rings. The molecule has 8 nitrogen and oxygen atoms in total. The number of nitrogens with one attached hydrogen (secondary N) is 3. The van der Waals surface area contributed by atoms with Crippen molar-refractivity contribution < 1.29 is 19.0 Å². The molecule has 0 bridgehead atoms. The molecular formula is C22H31IN4O4. The maximum Gasteiger partial charge on any atom is 0.251 e. The number of halogens is 1. The summed E-state index contributed by atoms with van der Waals surface area (Å²) in [6.45, 7) is 1.20. The van der Waals surface area contributed by atoms with Crippen LogP contribution in [0.4, 0.5) is 0 Å². The van der Waals surface area contributed by atoms with E-state index in [4.69, 9.17) is 14.2 Å². The van der Waals surface area contributed by atoms with E-state index in [-0.39, 0.29) is 29.9 Å². The summed E-state index contributed by atoms with van der Waals surface area (Å²) in [5.41, 5.74) is 2.69. The highest BCUT2D eigenvalue weighted by atomic mass is 127. The molecule has 9 heteroatoms. The van der Waals surface area contributed by atoms with E-state index in [0.717, 1.165) is 17.5 Å². The van der Waals surface area contributed by atoms with Crippen LogP contribution < -0.4 is 30.2 Å². The van der Waals surface area contributed by atoms with Crippen molar-refractivity contribution in [3.63, 3.8) is 0 Å². The second-order valence-corrected chi connectivity index (χ2v) is 6.42. The fraction of sp³-hybridized carbons (Fsp3) is 0.364.